The number of carbonyl (C=O) groups excluding carboxylic acids is 1. The zero-order valence-electron chi connectivity index (χ0n) is 18.8. The minimum atomic E-state index is -3.84. The first-order valence-corrected chi connectivity index (χ1v) is 12.2. The Bertz CT molecular complexity index is 1370. The Kier molecular flexibility index (Phi) is 7.32. The summed E-state index contributed by atoms with van der Waals surface area (Å²) in [5, 5.41) is 6.36. The fourth-order valence-corrected chi connectivity index (χ4v) is 4.05. The van der Waals surface area contributed by atoms with E-state index in [0.29, 0.717) is 36.0 Å². The number of nitrogens with zero attached hydrogens (tertiary/aromatic N) is 1. The van der Waals surface area contributed by atoms with E-state index < -0.39 is 10.0 Å². The number of amides is 1. The summed E-state index contributed by atoms with van der Waals surface area (Å²) in [5.74, 6) is 1.63. The maximum absolute atomic E-state index is 12.5. The third kappa shape index (κ3) is 6.61. The molecule has 4 rings (SSSR count). The Morgan fingerprint density at radius 3 is 2.11 bits per heavy atom. The van der Waals surface area contributed by atoms with Crippen LogP contribution in [0.4, 0.5) is 11.5 Å². The molecule has 1 amide bonds. The number of aromatic nitrogens is 1. The van der Waals surface area contributed by atoms with Crippen molar-refractivity contribution in [3.8, 4) is 11.5 Å². The van der Waals surface area contributed by atoms with E-state index in [-0.39, 0.29) is 16.6 Å². The second-order valence-electron chi connectivity index (χ2n) is 7.44. The number of anilines is 2. The highest BCUT2D eigenvalue weighted by atomic mass is 32.2. The Morgan fingerprint density at radius 2 is 1.51 bits per heavy atom. The van der Waals surface area contributed by atoms with Crippen molar-refractivity contribution in [2.75, 3.05) is 23.3 Å². The van der Waals surface area contributed by atoms with Crippen LogP contribution in [0.2, 0.25) is 0 Å². The van der Waals surface area contributed by atoms with Gasteiger partial charge in [-0.1, -0.05) is 23.4 Å². The van der Waals surface area contributed by atoms with Crippen molar-refractivity contribution in [2.24, 2.45) is 0 Å². The number of hydrogen-bond acceptors (Lipinski definition) is 7. The molecule has 3 aromatic carbocycles. The molecule has 0 radical (unpaired) electrons. The van der Waals surface area contributed by atoms with Crippen LogP contribution in [-0.4, -0.2) is 32.7 Å². The summed E-state index contributed by atoms with van der Waals surface area (Å²) >= 11 is 0. The van der Waals surface area contributed by atoms with Gasteiger partial charge in [0, 0.05) is 17.3 Å². The summed E-state index contributed by atoms with van der Waals surface area (Å²) in [6.45, 7) is 2.41. The van der Waals surface area contributed by atoms with Crippen LogP contribution in [0.5, 0.6) is 11.5 Å². The zero-order valence-corrected chi connectivity index (χ0v) is 19.6. The molecule has 0 fully saturated rings. The molecule has 0 spiro atoms. The summed E-state index contributed by atoms with van der Waals surface area (Å²) in [7, 11) is -3.84. The van der Waals surface area contributed by atoms with Crippen LogP contribution in [0.1, 0.15) is 16.1 Å². The summed E-state index contributed by atoms with van der Waals surface area (Å²) < 4.78 is 43.3. The molecule has 0 saturated heterocycles. The molecule has 10 heteroatoms. The predicted octanol–water partition coefficient (Wildman–Crippen LogP) is 4.49. The number of sulfonamides is 1. The highest BCUT2D eigenvalue weighted by Crippen LogP contribution is 2.19. The van der Waals surface area contributed by atoms with Gasteiger partial charge < -0.3 is 19.3 Å². The smallest absolute Gasteiger partial charge is 0.263 e. The summed E-state index contributed by atoms with van der Waals surface area (Å²) in [6, 6.07) is 23.4. The Labute approximate surface area is 202 Å². The topological polar surface area (TPSA) is 120 Å². The van der Waals surface area contributed by atoms with Crippen molar-refractivity contribution in [3.05, 3.63) is 96.3 Å². The van der Waals surface area contributed by atoms with E-state index in [2.05, 4.69) is 15.2 Å². The zero-order chi connectivity index (χ0) is 24.7. The molecule has 1 heterocycles. The number of ether oxygens (including phenoxy) is 2. The Balaban J connectivity index is 1.28. The molecule has 0 aliphatic carbocycles. The number of para-hydroxylation sites is 1. The molecule has 0 atom stereocenters. The number of rotatable bonds is 10. The van der Waals surface area contributed by atoms with Crippen molar-refractivity contribution in [2.45, 2.75) is 11.8 Å². The van der Waals surface area contributed by atoms with Gasteiger partial charge in [0.25, 0.3) is 15.9 Å². The SMILES string of the molecule is Cc1cc(NS(=O)(=O)c2ccc(NC(=O)c3ccc(OCCOc4ccccc4)cc3)cc2)no1. The van der Waals surface area contributed by atoms with Crippen molar-refractivity contribution in [1.82, 2.24) is 5.16 Å². The molecule has 0 aliphatic heterocycles. The lowest BCUT2D eigenvalue weighted by Crippen LogP contribution is -2.14. The average molecular weight is 494 g/mol. The van der Waals surface area contributed by atoms with Crippen LogP contribution in [0.3, 0.4) is 0 Å². The lowest BCUT2D eigenvalue weighted by molar-refractivity contribution is 0.102. The number of aryl methyl sites for hydroxylation is 1. The van der Waals surface area contributed by atoms with Crippen molar-refractivity contribution < 1.29 is 27.2 Å². The van der Waals surface area contributed by atoms with Crippen LogP contribution < -0.4 is 19.5 Å². The van der Waals surface area contributed by atoms with Crippen LogP contribution in [0.25, 0.3) is 0 Å². The lowest BCUT2D eigenvalue weighted by Gasteiger charge is -2.10. The van der Waals surface area contributed by atoms with Crippen LogP contribution in [0.15, 0.2) is 94.3 Å². The molecular formula is C25H23N3O6S. The van der Waals surface area contributed by atoms with E-state index in [1.54, 1.807) is 31.2 Å². The average Bonchev–Trinajstić information content (AvgIpc) is 3.27. The fraction of sp³-hybridized carbons (Fsp3) is 0.120. The van der Waals surface area contributed by atoms with Gasteiger partial charge in [-0.05, 0) is 67.6 Å². The Hall–Kier alpha value is -4.31. The summed E-state index contributed by atoms with van der Waals surface area (Å²) in [5.41, 5.74) is 0.877. The first-order valence-electron chi connectivity index (χ1n) is 10.7. The molecule has 0 aliphatic rings. The number of benzene rings is 3. The summed E-state index contributed by atoms with van der Waals surface area (Å²) in [4.78, 5) is 12.6. The second-order valence-corrected chi connectivity index (χ2v) is 9.12. The first kappa shape index (κ1) is 23.8. The van der Waals surface area contributed by atoms with E-state index in [9.17, 15) is 13.2 Å². The van der Waals surface area contributed by atoms with Gasteiger partial charge >= 0.3 is 0 Å². The van der Waals surface area contributed by atoms with Crippen LogP contribution >= 0.6 is 0 Å². The fourth-order valence-electron chi connectivity index (χ4n) is 3.07. The van der Waals surface area contributed by atoms with Gasteiger partial charge in [-0.3, -0.25) is 9.52 Å². The normalized spacial score (nSPS) is 11.0. The minimum absolute atomic E-state index is 0.0221. The van der Waals surface area contributed by atoms with Gasteiger partial charge in [0.2, 0.25) is 0 Å². The number of hydrogen-bond donors (Lipinski definition) is 2. The van der Waals surface area contributed by atoms with E-state index in [4.69, 9.17) is 14.0 Å². The van der Waals surface area contributed by atoms with Gasteiger partial charge in [-0.2, -0.15) is 0 Å². The Morgan fingerprint density at radius 1 is 0.886 bits per heavy atom. The van der Waals surface area contributed by atoms with Gasteiger partial charge in [0.05, 0.1) is 4.90 Å². The number of nitrogens with one attached hydrogen (secondary N) is 2. The largest absolute Gasteiger partial charge is 0.490 e. The standard InChI is InChI=1S/C25H23N3O6S/c1-18-17-24(27-34-18)28-35(30,31)23-13-9-20(10-14-23)26-25(29)19-7-11-22(12-8-19)33-16-15-32-21-5-3-2-4-6-21/h2-14,17H,15-16H2,1H3,(H,26,29)(H,27,28). The lowest BCUT2D eigenvalue weighted by atomic mass is 10.2. The van der Waals surface area contributed by atoms with Crippen molar-refractivity contribution >= 4 is 27.4 Å². The molecule has 0 unspecified atom stereocenters. The van der Waals surface area contributed by atoms with Gasteiger partial charge in [-0.15, -0.1) is 0 Å². The van der Waals surface area contributed by atoms with Crippen molar-refractivity contribution in [3.63, 3.8) is 0 Å². The molecule has 35 heavy (non-hydrogen) atoms. The molecular weight excluding hydrogens is 470 g/mol. The van der Waals surface area contributed by atoms with Crippen LogP contribution in [-0.2, 0) is 10.0 Å². The molecule has 0 saturated carbocycles. The van der Waals surface area contributed by atoms with Gasteiger partial charge in [-0.25, -0.2) is 8.42 Å². The highest BCUT2D eigenvalue weighted by molar-refractivity contribution is 7.92. The van der Waals surface area contributed by atoms with Gasteiger partial charge in [0.15, 0.2) is 5.82 Å². The van der Waals surface area contributed by atoms with Gasteiger partial charge in [0.1, 0.15) is 30.5 Å². The maximum Gasteiger partial charge on any atom is 0.263 e. The third-order valence-corrected chi connectivity index (χ3v) is 6.14. The molecule has 2 N–H and O–H groups in total. The molecule has 4 aromatic rings. The highest BCUT2D eigenvalue weighted by Gasteiger charge is 2.16. The van der Waals surface area contributed by atoms with E-state index >= 15 is 0 Å². The third-order valence-electron chi connectivity index (χ3n) is 4.77. The van der Waals surface area contributed by atoms with E-state index in [1.165, 1.54) is 30.3 Å². The predicted molar refractivity (Wildman–Crippen MR) is 130 cm³/mol. The summed E-state index contributed by atoms with van der Waals surface area (Å²) in [6.07, 6.45) is 0. The quantitative estimate of drug-likeness (QED) is 0.312. The molecule has 0 bridgehead atoms. The van der Waals surface area contributed by atoms with Crippen LogP contribution in [0, 0.1) is 6.92 Å². The minimum Gasteiger partial charge on any atom is -0.490 e. The molecule has 9 nitrogen and oxygen atoms in total. The van der Waals surface area contributed by atoms with Crippen molar-refractivity contribution in [1.29, 1.82) is 0 Å². The first-order chi connectivity index (χ1) is 16.9. The number of carbonyl (C=O) groups is 1. The van der Waals surface area contributed by atoms with E-state index in [0.717, 1.165) is 5.75 Å². The monoisotopic (exact) mass is 493 g/mol. The van der Waals surface area contributed by atoms with E-state index in [1.807, 2.05) is 30.3 Å². The molecule has 1 aromatic heterocycles. The second kappa shape index (κ2) is 10.7. The molecule has 180 valence electrons. The maximum atomic E-state index is 12.5.